The third kappa shape index (κ3) is 3.29. The molecule has 16 heavy (non-hydrogen) atoms. The van der Waals surface area contributed by atoms with Gasteiger partial charge in [0.2, 0.25) is 0 Å². The van der Waals surface area contributed by atoms with Gasteiger partial charge in [-0.2, -0.15) is 0 Å². The molecule has 1 rings (SSSR count). The zero-order valence-corrected chi connectivity index (χ0v) is 9.47. The molecule has 5 nitrogen and oxygen atoms in total. The predicted octanol–water partition coefficient (Wildman–Crippen LogP) is 1.89. The molecule has 0 radical (unpaired) electrons. The summed E-state index contributed by atoms with van der Waals surface area (Å²) in [6.45, 7) is 3.16. The first-order valence-electron chi connectivity index (χ1n) is 5.12. The molecular formula is C11H16N2O3. The number of methoxy groups -OCH3 is 1. The molecule has 1 unspecified atom stereocenters. The Morgan fingerprint density at radius 1 is 1.50 bits per heavy atom. The van der Waals surface area contributed by atoms with Gasteiger partial charge in [0, 0.05) is 31.3 Å². The van der Waals surface area contributed by atoms with E-state index in [4.69, 9.17) is 4.74 Å². The van der Waals surface area contributed by atoms with Gasteiger partial charge in [0.25, 0.3) is 5.69 Å². The second kappa shape index (κ2) is 6.19. The van der Waals surface area contributed by atoms with E-state index in [0.717, 1.165) is 0 Å². The van der Waals surface area contributed by atoms with Gasteiger partial charge in [-0.1, -0.05) is 18.2 Å². The lowest BCUT2D eigenvalue weighted by Gasteiger charge is -2.13. The second-order valence-electron chi connectivity index (χ2n) is 3.48. The van der Waals surface area contributed by atoms with Crippen LogP contribution in [0.1, 0.15) is 18.5 Å². The van der Waals surface area contributed by atoms with Gasteiger partial charge in [-0.25, -0.2) is 0 Å². The van der Waals surface area contributed by atoms with Crippen molar-refractivity contribution < 1.29 is 9.66 Å². The van der Waals surface area contributed by atoms with Crippen LogP contribution in [0.4, 0.5) is 5.69 Å². The van der Waals surface area contributed by atoms with Crippen molar-refractivity contribution >= 4 is 5.69 Å². The molecule has 0 bridgehead atoms. The molecule has 0 amide bonds. The first-order valence-corrected chi connectivity index (χ1v) is 5.12. The molecule has 1 N–H and O–H groups in total. The summed E-state index contributed by atoms with van der Waals surface area (Å²) >= 11 is 0. The maximum atomic E-state index is 10.8. The van der Waals surface area contributed by atoms with E-state index in [-0.39, 0.29) is 16.7 Å². The minimum absolute atomic E-state index is 0.0586. The van der Waals surface area contributed by atoms with Crippen molar-refractivity contribution in [1.29, 1.82) is 0 Å². The Hall–Kier alpha value is -1.46. The van der Waals surface area contributed by atoms with Crippen LogP contribution >= 0.6 is 0 Å². The van der Waals surface area contributed by atoms with E-state index >= 15 is 0 Å². The van der Waals surface area contributed by atoms with Crippen LogP contribution in [0.25, 0.3) is 0 Å². The number of para-hydroxylation sites is 1. The third-order valence-electron chi connectivity index (χ3n) is 2.36. The average molecular weight is 224 g/mol. The van der Waals surface area contributed by atoms with E-state index in [1.54, 1.807) is 25.3 Å². The van der Waals surface area contributed by atoms with Crippen molar-refractivity contribution in [2.24, 2.45) is 0 Å². The summed E-state index contributed by atoms with van der Waals surface area (Å²) in [7, 11) is 1.62. The molecule has 0 aliphatic rings. The summed E-state index contributed by atoms with van der Waals surface area (Å²) in [6.07, 6.45) is 0. The number of nitro groups is 1. The first-order chi connectivity index (χ1) is 7.66. The molecule has 1 atom stereocenters. The highest BCUT2D eigenvalue weighted by molar-refractivity contribution is 5.41. The smallest absolute Gasteiger partial charge is 0.274 e. The summed E-state index contributed by atoms with van der Waals surface area (Å²) in [5, 5.41) is 14.0. The van der Waals surface area contributed by atoms with Crippen LogP contribution in [0, 0.1) is 10.1 Å². The molecule has 0 saturated heterocycles. The van der Waals surface area contributed by atoms with Gasteiger partial charge in [0.05, 0.1) is 11.5 Å². The Bertz CT molecular complexity index is 355. The molecule has 1 aromatic rings. The van der Waals surface area contributed by atoms with Gasteiger partial charge in [-0.15, -0.1) is 0 Å². The van der Waals surface area contributed by atoms with Crippen molar-refractivity contribution in [3.05, 3.63) is 39.9 Å². The van der Waals surface area contributed by atoms with Gasteiger partial charge in [0.15, 0.2) is 0 Å². The number of rotatable bonds is 6. The molecule has 88 valence electrons. The Morgan fingerprint density at radius 2 is 2.19 bits per heavy atom. The van der Waals surface area contributed by atoms with E-state index in [9.17, 15) is 10.1 Å². The summed E-state index contributed by atoms with van der Waals surface area (Å²) in [6, 6.07) is 6.70. The number of benzene rings is 1. The Labute approximate surface area is 94.6 Å². The fraction of sp³-hybridized carbons (Fsp3) is 0.455. The van der Waals surface area contributed by atoms with Gasteiger partial charge in [-0.05, 0) is 6.92 Å². The van der Waals surface area contributed by atoms with Gasteiger partial charge >= 0.3 is 0 Å². The Balaban J connectivity index is 2.74. The van der Waals surface area contributed by atoms with Crippen LogP contribution in [0.5, 0.6) is 0 Å². The molecule has 1 aromatic carbocycles. The van der Waals surface area contributed by atoms with Gasteiger partial charge < -0.3 is 10.1 Å². The van der Waals surface area contributed by atoms with Crippen molar-refractivity contribution in [2.45, 2.75) is 13.0 Å². The highest BCUT2D eigenvalue weighted by Gasteiger charge is 2.17. The summed E-state index contributed by atoms with van der Waals surface area (Å²) in [4.78, 5) is 10.5. The SMILES string of the molecule is COCCNC(C)c1ccccc1[N+](=O)[O-]. The molecular weight excluding hydrogens is 208 g/mol. The number of nitrogens with zero attached hydrogens (tertiary/aromatic N) is 1. The van der Waals surface area contributed by atoms with E-state index in [2.05, 4.69) is 5.32 Å². The van der Waals surface area contributed by atoms with Crippen LogP contribution in [-0.4, -0.2) is 25.2 Å². The second-order valence-corrected chi connectivity index (χ2v) is 3.48. The van der Waals surface area contributed by atoms with Crippen LogP contribution in [0.15, 0.2) is 24.3 Å². The monoisotopic (exact) mass is 224 g/mol. The molecule has 0 aromatic heterocycles. The lowest BCUT2D eigenvalue weighted by molar-refractivity contribution is -0.385. The number of hydrogen-bond donors (Lipinski definition) is 1. The Kier molecular flexibility index (Phi) is 4.88. The van der Waals surface area contributed by atoms with Crippen molar-refractivity contribution in [3.63, 3.8) is 0 Å². The van der Waals surface area contributed by atoms with Crippen LogP contribution in [0.2, 0.25) is 0 Å². The fourth-order valence-electron chi connectivity index (χ4n) is 1.51. The zero-order chi connectivity index (χ0) is 12.0. The summed E-state index contributed by atoms with van der Waals surface area (Å²) < 4.78 is 4.91. The minimum atomic E-state index is -0.357. The van der Waals surface area contributed by atoms with E-state index in [0.29, 0.717) is 18.7 Å². The highest BCUT2D eigenvalue weighted by atomic mass is 16.6. The molecule has 0 aliphatic heterocycles. The van der Waals surface area contributed by atoms with Crippen molar-refractivity contribution in [1.82, 2.24) is 5.32 Å². The molecule has 0 saturated carbocycles. The van der Waals surface area contributed by atoms with E-state index in [1.165, 1.54) is 6.07 Å². The van der Waals surface area contributed by atoms with E-state index in [1.807, 2.05) is 6.92 Å². The lowest BCUT2D eigenvalue weighted by Crippen LogP contribution is -2.23. The number of ether oxygens (including phenoxy) is 1. The summed E-state index contributed by atoms with van der Waals surface area (Å²) in [5.41, 5.74) is 0.850. The fourth-order valence-corrected chi connectivity index (χ4v) is 1.51. The molecule has 0 spiro atoms. The van der Waals surface area contributed by atoms with Crippen LogP contribution in [-0.2, 0) is 4.74 Å². The van der Waals surface area contributed by atoms with Crippen LogP contribution in [0.3, 0.4) is 0 Å². The maximum Gasteiger partial charge on any atom is 0.274 e. The molecule has 0 aliphatic carbocycles. The maximum absolute atomic E-state index is 10.8. The van der Waals surface area contributed by atoms with Gasteiger partial charge in [0.1, 0.15) is 0 Å². The largest absolute Gasteiger partial charge is 0.383 e. The molecule has 0 fully saturated rings. The average Bonchev–Trinajstić information content (AvgIpc) is 2.29. The zero-order valence-electron chi connectivity index (χ0n) is 9.47. The lowest BCUT2D eigenvalue weighted by atomic mass is 10.1. The van der Waals surface area contributed by atoms with Crippen LogP contribution < -0.4 is 5.32 Å². The Morgan fingerprint density at radius 3 is 2.81 bits per heavy atom. The normalized spacial score (nSPS) is 12.4. The minimum Gasteiger partial charge on any atom is -0.383 e. The highest BCUT2D eigenvalue weighted by Crippen LogP contribution is 2.23. The van der Waals surface area contributed by atoms with Gasteiger partial charge in [-0.3, -0.25) is 10.1 Å². The number of nitrogens with one attached hydrogen (secondary N) is 1. The topological polar surface area (TPSA) is 64.4 Å². The third-order valence-corrected chi connectivity index (χ3v) is 2.36. The number of nitro benzene ring substituents is 1. The quantitative estimate of drug-likeness (QED) is 0.455. The summed E-state index contributed by atoms with van der Waals surface area (Å²) in [5.74, 6) is 0. The first kappa shape index (κ1) is 12.6. The van der Waals surface area contributed by atoms with Crippen molar-refractivity contribution in [3.8, 4) is 0 Å². The van der Waals surface area contributed by atoms with Crippen molar-refractivity contribution in [2.75, 3.05) is 20.3 Å². The number of hydrogen-bond acceptors (Lipinski definition) is 4. The molecule has 0 heterocycles. The standard InChI is InChI=1S/C11H16N2O3/c1-9(12-7-8-16-2)10-5-3-4-6-11(10)13(14)15/h3-6,9,12H,7-8H2,1-2H3. The van der Waals surface area contributed by atoms with E-state index < -0.39 is 0 Å². The predicted molar refractivity (Wildman–Crippen MR) is 61.4 cm³/mol. The molecule has 5 heteroatoms.